The number of carbonyl (C=O) groups excluding carboxylic acids is 2. The first-order chi connectivity index (χ1) is 17.7. The molecule has 0 atom stereocenters. The number of rotatable bonds is 5. The zero-order chi connectivity index (χ0) is 26.7. The number of para-hydroxylation sites is 1. The van der Waals surface area contributed by atoms with Crippen LogP contribution < -0.4 is 15.8 Å². The third-order valence-corrected chi connectivity index (χ3v) is 6.82. The number of piperazine rings is 1. The molecule has 4 rings (SSSR count). The van der Waals surface area contributed by atoms with Crippen molar-refractivity contribution in [2.45, 2.75) is 34.2 Å². The number of pyridine rings is 1. The Bertz CT molecular complexity index is 1460. The van der Waals surface area contributed by atoms with Gasteiger partial charge in [-0.3, -0.25) is 14.4 Å². The monoisotopic (exact) mass is 497 g/mol. The standard InChI is InChI=1S/C29H31N5O3/c1-19-9-10-20(2)26(15-19)32-11-13-33(14-12-32)28(36)23-7-5-6-8-25(23)31-27(35)18-34-22(4)16-21(3)24(17-30)29(34)37/h5-10,15-16H,11-14,18H2,1-4H3,(H,31,35). The van der Waals surface area contributed by atoms with Gasteiger partial charge in [0.2, 0.25) is 5.91 Å². The number of aromatic nitrogens is 1. The van der Waals surface area contributed by atoms with Gasteiger partial charge in [-0.1, -0.05) is 24.3 Å². The van der Waals surface area contributed by atoms with Crippen LogP contribution in [-0.4, -0.2) is 47.5 Å². The van der Waals surface area contributed by atoms with E-state index < -0.39 is 11.5 Å². The molecule has 1 saturated heterocycles. The van der Waals surface area contributed by atoms with Crippen LogP contribution >= 0.6 is 0 Å². The lowest BCUT2D eigenvalue weighted by molar-refractivity contribution is -0.116. The molecule has 2 heterocycles. The highest BCUT2D eigenvalue weighted by Gasteiger charge is 2.25. The van der Waals surface area contributed by atoms with Crippen molar-refractivity contribution in [1.82, 2.24) is 9.47 Å². The molecule has 0 spiro atoms. The molecule has 190 valence electrons. The van der Waals surface area contributed by atoms with Gasteiger partial charge in [0.1, 0.15) is 18.2 Å². The van der Waals surface area contributed by atoms with Crippen molar-refractivity contribution in [2.75, 3.05) is 36.4 Å². The quantitative estimate of drug-likeness (QED) is 0.581. The molecule has 37 heavy (non-hydrogen) atoms. The average molecular weight is 498 g/mol. The number of aryl methyl sites for hydroxylation is 4. The number of hydrogen-bond donors (Lipinski definition) is 1. The molecule has 0 radical (unpaired) electrons. The number of nitrogens with one attached hydrogen (secondary N) is 1. The van der Waals surface area contributed by atoms with Gasteiger partial charge in [0.15, 0.2) is 0 Å². The van der Waals surface area contributed by atoms with Crippen LogP contribution in [0.1, 0.15) is 38.3 Å². The van der Waals surface area contributed by atoms with Crippen LogP contribution in [0, 0.1) is 39.0 Å². The third-order valence-electron chi connectivity index (χ3n) is 6.82. The minimum atomic E-state index is -0.499. The van der Waals surface area contributed by atoms with E-state index in [0.29, 0.717) is 35.6 Å². The third kappa shape index (κ3) is 5.41. The van der Waals surface area contributed by atoms with Gasteiger partial charge in [0.05, 0.1) is 11.3 Å². The van der Waals surface area contributed by atoms with Gasteiger partial charge in [-0.05, 0) is 68.7 Å². The fraction of sp³-hybridized carbons (Fsp3) is 0.310. The molecule has 1 aliphatic rings. The second-order valence-corrected chi connectivity index (χ2v) is 9.51. The fourth-order valence-electron chi connectivity index (χ4n) is 4.75. The summed E-state index contributed by atoms with van der Waals surface area (Å²) in [7, 11) is 0. The van der Waals surface area contributed by atoms with E-state index in [0.717, 1.165) is 13.1 Å². The molecule has 0 bridgehead atoms. The minimum Gasteiger partial charge on any atom is -0.368 e. The van der Waals surface area contributed by atoms with Crippen LogP contribution in [0.25, 0.3) is 0 Å². The van der Waals surface area contributed by atoms with E-state index in [4.69, 9.17) is 0 Å². The van der Waals surface area contributed by atoms with Crippen LogP contribution in [0.15, 0.2) is 53.3 Å². The van der Waals surface area contributed by atoms with Crippen molar-refractivity contribution >= 4 is 23.2 Å². The molecule has 2 amide bonds. The van der Waals surface area contributed by atoms with Crippen LogP contribution in [-0.2, 0) is 11.3 Å². The molecule has 8 heteroatoms. The smallest absolute Gasteiger partial charge is 0.269 e. The molecule has 3 aromatic rings. The summed E-state index contributed by atoms with van der Waals surface area (Å²) in [5, 5.41) is 12.1. The zero-order valence-corrected chi connectivity index (χ0v) is 21.7. The van der Waals surface area contributed by atoms with E-state index in [1.165, 1.54) is 21.4 Å². The average Bonchev–Trinajstić information content (AvgIpc) is 2.88. The Hall–Kier alpha value is -4.38. The molecule has 1 aromatic heterocycles. The van der Waals surface area contributed by atoms with E-state index >= 15 is 0 Å². The van der Waals surface area contributed by atoms with Crippen LogP contribution in [0.3, 0.4) is 0 Å². The number of amides is 2. The molecule has 0 saturated carbocycles. The maximum atomic E-state index is 13.4. The number of nitrogens with zero attached hydrogens (tertiary/aromatic N) is 4. The molecular formula is C29H31N5O3. The summed E-state index contributed by atoms with van der Waals surface area (Å²) in [6, 6.07) is 16.9. The summed E-state index contributed by atoms with van der Waals surface area (Å²) in [6.45, 7) is 9.93. The number of hydrogen-bond acceptors (Lipinski definition) is 5. The molecule has 0 aliphatic carbocycles. The molecule has 1 fully saturated rings. The summed E-state index contributed by atoms with van der Waals surface area (Å²) in [5.41, 5.74) is 5.10. The fourth-order valence-corrected chi connectivity index (χ4v) is 4.75. The Morgan fingerprint density at radius 3 is 2.35 bits per heavy atom. The number of carbonyl (C=O) groups is 2. The molecule has 1 aliphatic heterocycles. The van der Waals surface area contributed by atoms with Gasteiger partial charge in [-0.25, -0.2) is 0 Å². The van der Waals surface area contributed by atoms with E-state index in [2.05, 4.69) is 42.3 Å². The molecule has 1 N–H and O–H groups in total. The first-order valence-electron chi connectivity index (χ1n) is 12.3. The molecule has 8 nitrogen and oxygen atoms in total. The Labute approximate surface area is 216 Å². The highest BCUT2D eigenvalue weighted by molar-refractivity contribution is 6.03. The van der Waals surface area contributed by atoms with Crippen LogP contribution in [0.4, 0.5) is 11.4 Å². The molecule has 0 unspecified atom stereocenters. The number of benzene rings is 2. The molecular weight excluding hydrogens is 466 g/mol. The van der Waals surface area contributed by atoms with Gasteiger partial charge in [0.25, 0.3) is 11.5 Å². The number of anilines is 2. The number of nitriles is 1. The Balaban J connectivity index is 1.47. The first-order valence-corrected chi connectivity index (χ1v) is 12.3. The van der Waals surface area contributed by atoms with E-state index in [-0.39, 0.29) is 18.0 Å². The van der Waals surface area contributed by atoms with Gasteiger partial charge in [-0.15, -0.1) is 0 Å². The summed E-state index contributed by atoms with van der Waals surface area (Å²) in [6.07, 6.45) is 0. The Morgan fingerprint density at radius 2 is 1.65 bits per heavy atom. The summed E-state index contributed by atoms with van der Waals surface area (Å²) in [4.78, 5) is 43.1. The summed E-state index contributed by atoms with van der Waals surface area (Å²) < 4.78 is 1.28. The summed E-state index contributed by atoms with van der Waals surface area (Å²) >= 11 is 0. The van der Waals surface area contributed by atoms with Gasteiger partial charge in [0, 0.05) is 37.6 Å². The van der Waals surface area contributed by atoms with Crippen LogP contribution in [0.2, 0.25) is 0 Å². The van der Waals surface area contributed by atoms with Crippen molar-refractivity contribution in [3.8, 4) is 6.07 Å². The predicted octanol–water partition coefficient (Wildman–Crippen LogP) is 3.55. The maximum Gasteiger partial charge on any atom is 0.269 e. The topological polar surface area (TPSA) is 98.4 Å². The first kappa shape index (κ1) is 25.7. The normalized spacial score (nSPS) is 13.3. The SMILES string of the molecule is Cc1ccc(C)c(N2CCN(C(=O)c3ccccc3NC(=O)Cn3c(C)cc(C)c(C#N)c3=O)CC2)c1. The van der Waals surface area contributed by atoms with Crippen LogP contribution in [0.5, 0.6) is 0 Å². The Morgan fingerprint density at radius 1 is 0.946 bits per heavy atom. The lowest BCUT2D eigenvalue weighted by atomic mass is 10.1. The van der Waals surface area contributed by atoms with E-state index in [1.807, 2.05) is 6.07 Å². The molecule has 2 aromatic carbocycles. The van der Waals surface area contributed by atoms with E-state index in [9.17, 15) is 19.6 Å². The van der Waals surface area contributed by atoms with E-state index in [1.54, 1.807) is 49.1 Å². The Kier molecular flexibility index (Phi) is 7.44. The largest absolute Gasteiger partial charge is 0.368 e. The second-order valence-electron chi connectivity index (χ2n) is 9.51. The van der Waals surface area contributed by atoms with Crippen molar-refractivity contribution in [1.29, 1.82) is 5.26 Å². The second kappa shape index (κ2) is 10.7. The highest BCUT2D eigenvalue weighted by atomic mass is 16.2. The van der Waals surface area contributed by atoms with Crippen molar-refractivity contribution in [3.05, 3.63) is 92.4 Å². The zero-order valence-electron chi connectivity index (χ0n) is 21.7. The van der Waals surface area contributed by atoms with Crippen molar-refractivity contribution in [2.24, 2.45) is 0 Å². The predicted molar refractivity (Wildman–Crippen MR) is 144 cm³/mol. The van der Waals surface area contributed by atoms with Gasteiger partial charge < -0.3 is 19.7 Å². The van der Waals surface area contributed by atoms with Gasteiger partial charge in [-0.2, -0.15) is 5.26 Å². The summed E-state index contributed by atoms with van der Waals surface area (Å²) in [5.74, 6) is -0.593. The van der Waals surface area contributed by atoms with Crippen molar-refractivity contribution in [3.63, 3.8) is 0 Å². The lowest BCUT2D eigenvalue weighted by Crippen LogP contribution is -2.49. The minimum absolute atomic E-state index is 0.0222. The van der Waals surface area contributed by atoms with Crippen molar-refractivity contribution < 1.29 is 9.59 Å². The van der Waals surface area contributed by atoms with Gasteiger partial charge >= 0.3 is 0 Å². The maximum absolute atomic E-state index is 13.4. The highest BCUT2D eigenvalue weighted by Crippen LogP contribution is 2.24. The lowest BCUT2D eigenvalue weighted by Gasteiger charge is -2.37.